The SMILES string of the molecule is C=CC(=O)c1cc(Cl)cc(Cl)c1OC. The zero-order chi connectivity index (χ0) is 10.7. The van der Waals surface area contributed by atoms with Gasteiger partial charge in [-0.2, -0.15) is 0 Å². The molecule has 0 saturated heterocycles. The Kier molecular flexibility index (Phi) is 3.55. The van der Waals surface area contributed by atoms with Gasteiger partial charge in [-0.3, -0.25) is 4.79 Å². The molecule has 0 bridgehead atoms. The van der Waals surface area contributed by atoms with Gasteiger partial charge in [0, 0.05) is 5.02 Å². The molecule has 0 aromatic heterocycles. The third-order valence-corrected chi connectivity index (χ3v) is 2.16. The molecule has 0 amide bonds. The second-order valence-electron chi connectivity index (χ2n) is 2.54. The molecule has 0 atom stereocenters. The van der Waals surface area contributed by atoms with E-state index in [1.54, 1.807) is 0 Å². The van der Waals surface area contributed by atoms with E-state index < -0.39 is 0 Å². The van der Waals surface area contributed by atoms with Crippen molar-refractivity contribution in [1.29, 1.82) is 0 Å². The van der Waals surface area contributed by atoms with Crippen molar-refractivity contribution >= 4 is 29.0 Å². The monoisotopic (exact) mass is 230 g/mol. The van der Waals surface area contributed by atoms with Gasteiger partial charge in [-0.25, -0.2) is 0 Å². The summed E-state index contributed by atoms with van der Waals surface area (Å²) in [5, 5.41) is 0.700. The van der Waals surface area contributed by atoms with Gasteiger partial charge >= 0.3 is 0 Å². The Bertz CT molecular complexity index is 386. The minimum absolute atomic E-state index is 0.272. The van der Waals surface area contributed by atoms with Crippen LogP contribution in [0.1, 0.15) is 10.4 Å². The molecule has 0 heterocycles. The molecule has 0 aliphatic heterocycles. The molecule has 0 N–H and O–H groups in total. The van der Waals surface area contributed by atoms with Crippen LogP contribution >= 0.6 is 23.2 Å². The van der Waals surface area contributed by atoms with Crippen LogP contribution in [0.5, 0.6) is 5.75 Å². The second-order valence-corrected chi connectivity index (χ2v) is 3.38. The van der Waals surface area contributed by atoms with E-state index in [-0.39, 0.29) is 5.78 Å². The molecule has 0 aliphatic carbocycles. The van der Waals surface area contributed by atoms with Crippen LogP contribution in [-0.4, -0.2) is 12.9 Å². The van der Waals surface area contributed by atoms with E-state index in [2.05, 4.69) is 6.58 Å². The number of carbonyl (C=O) groups is 1. The van der Waals surface area contributed by atoms with Gasteiger partial charge in [0.1, 0.15) is 5.75 Å². The minimum Gasteiger partial charge on any atom is -0.494 e. The molecule has 4 heteroatoms. The normalized spacial score (nSPS) is 9.64. The fraction of sp³-hybridized carbons (Fsp3) is 0.100. The van der Waals surface area contributed by atoms with Crippen molar-refractivity contribution in [2.75, 3.05) is 7.11 Å². The van der Waals surface area contributed by atoms with Crippen molar-refractivity contribution in [3.05, 3.63) is 40.4 Å². The predicted octanol–water partition coefficient (Wildman–Crippen LogP) is 3.37. The molecule has 0 radical (unpaired) electrons. The average molecular weight is 231 g/mol. The van der Waals surface area contributed by atoms with Gasteiger partial charge in [0.2, 0.25) is 0 Å². The number of ether oxygens (including phenoxy) is 1. The van der Waals surface area contributed by atoms with E-state index in [0.29, 0.717) is 21.4 Å². The van der Waals surface area contributed by atoms with Gasteiger partial charge in [-0.15, -0.1) is 0 Å². The summed E-state index contributed by atoms with van der Waals surface area (Å²) in [6.45, 7) is 3.38. The Hall–Kier alpha value is -0.990. The lowest BCUT2D eigenvalue weighted by Gasteiger charge is -2.08. The zero-order valence-electron chi connectivity index (χ0n) is 7.51. The molecular formula is C10H8Cl2O2. The van der Waals surface area contributed by atoms with Gasteiger partial charge in [0.15, 0.2) is 5.78 Å². The Labute approximate surface area is 92.1 Å². The maximum atomic E-state index is 11.4. The molecule has 0 saturated carbocycles. The van der Waals surface area contributed by atoms with E-state index in [9.17, 15) is 4.79 Å². The number of methoxy groups -OCH3 is 1. The van der Waals surface area contributed by atoms with Crippen molar-refractivity contribution in [3.63, 3.8) is 0 Å². The van der Waals surface area contributed by atoms with Crippen molar-refractivity contribution in [2.45, 2.75) is 0 Å². The maximum absolute atomic E-state index is 11.4. The van der Waals surface area contributed by atoms with Crippen LogP contribution in [0, 0.1) is 0 Å². The Balaban J connectivity index is 3.39. The molecule has 14 heavy (non-hydrogen) atoms. The summed E-state index contributed by atoms with van der Waals surface area (Å²) in [7, 11) is 1.44. The number of benzene rings is 1. The standard InChI is InChI=1S/C10H8Cl2O2/c1-3-9(13)7-4-6(11)5-8(12)10(7)14-2/h3-5H,1H2,2H3. The first-order chi connectivity index (χ1) is 6.60. The van der Waals surface area contributed by atoms with Crippen LogP contribution in [0.25, 0.3) is 0 Å². The van der Waals surface area contributed by atoms with Crippen molar-refractivity contribution in [2.24, 2.45) is 0 Å². The quantitative estimate of drug-likeness (QED) is 0.588. The fourth-order valence-corrected chi connectivity index (χ4v) is 1.63. The Morgan fingerprint density at radius 1 is 1.50 bits per heavy atom. The summed E-state index contributed by atoms with van der Waals surface area (Å²) in [5.41, 5.74) is 0.319. The fourth-order valence-electron chi connectivity index (χ4n) is 1.06. The highest BCUT2D eigenvalue weighted by Crippen LogP contribution is 2.32. The highest BCUT2D eigenvalue weighted by atomic mass is 35.5. The molecule has 1 aromatic carbocycles. The van der Waals surface area contributed by atoms with E-state index in [1.165, 1.54) is 25.3 Å². The smallest absolute Gasteiger partial charge is 0.189 e. The largest absolute Gasteiger partial charge is 0.494 e. The number of hydrogen-bond donors (Lipinski definition) is 0. The highest BCUT2D eigenvalue weighted by Gasteiger charge is 2.13. The van der Waals surface area contributed by atoms with E-state index in [0.717, 1.165) is 0 Å². The zero-order valence-corrected chi connectivity index (χ0v) is 9.02. The van der Waals surface area contributed by atoms with Crippen molar-refractivity contribution < 1.29 is 9.53 Å². The summed E-state index contributed by atoms with van der Waals surface area (Å²) >= 11 is 11.6. The molecule has 0 spiro atoms. The lowest BCUT2D eigenvalue weighted by Crippen LogP contribution is -1.99. The van der Waals surface area contributed by atoms with Crippen LogP contribution in [0.15, 0.2) is 24.8 Å². The third kappa shape index (κ3) is 2.08. The van der Waals surface area contributed by atoms with Crippen LogP contribution in [0.2, 0.25) is 10.0 Å². The summed E-state index contributed by atoms with van der Waals surface area (Å²) in [6, 6.07) is 3.01. The number of rotatable bonds is 3. The van der Waals surface area contributed by atoms with Gasteiger partial charge in [-0.1, -0.05) is 29.8 Å². The maximum Gasteiger partial charge on any atom is 0.189 e. The summed E-state index contributed by atoms with van der Waals surface area (Å²) in [5.74, 6) is 0.0483. The first-order valence-electron chi connectivity index (χ1n) is 3.80. The van der Waals surface area contributed by atoms with Crippen LogP contribution < -0.4 is 4.74 Å². The first kappa shape index (κ1) is 11.1. The summed E-state index contributed by atoms with van der Waals surface area (Å²) in [4.78, 5) is 11.4. The van der Waals surface area contributed by atoms with Gasteiger partial charge < -0.3 is 4.74 Å². The molecule has 1 aromatic rings. The molecular weight excluding hydrogens is 223 g/mol. The van der Waals surface area contributed by atoms with Crippen LogP contribution in [-0.2, 0) is 0 Å². The molecule has 0 aliphatic rings. The topological polar surface area (TPSA) is 26.3 Å². The first-order valence-corrected chi connectivity index (χ1v) is 4.55. The van der Waals surface area contributed by atoms with E-state index in [4.69, 9.17) is 27.9 Å². The van der Waals surface area contributed by atoms with Gasteiger partial charge in [0.05, 0.1) is 17.7 Å². The lowest BCUT2D eigenvalue weighted by atomic mass is 10.1. The summed E-state index contributed by atoms with van der Waals surface area (Å²) < 4.78 is 4.99. The van der Waals surface area contributed by atoms with E-state index >= 15 is 0 Å². The minimum atomic E-state index is -0.272. The molecule has 1 rings (SSSR count). The number of carbonyl (C=O) groups excluding carboxylic acids is 1. The van der Waals surface area contributed by atoms with Crippen molar-refractivity contribution in [3.8, 4) is 5.75 Å². The van der Waals surface area contributed by atoms with Gasteiger partial charge in [0.25, 0.3) is 0 Å². The number of allylic oxidation sites excluding steroid dienone is 1. The lowest BCUT2D eigenvalue weighted by molar-refractivity contribution is 0.104. The Morgan fingerprint density at radius 2 is 2.14 bits per heavy atom. The molecule has 74 valence electrons. The van der Waals surface area contributed by atoms with Crippen molar-refractivity contribution in [1.82, 2.24) is 0 Å². The predicted molar refractivity (Wildman–Crippen MR) is 57.5 cm³/mol. The summed E-state index contributed by atoms with van der Waals surface area (Å²) in [6.07, 6.45) is 1.19. The molecule has 2 nitrogen and oxygen atoms in total. The second kappa shape index (κ2) is 4.49. The highest BCUT2D eigenvalue weighted by molar-refractivity contribution is 6.36. The third-order valence-electron chi connectivity index (χ3n) is 1.66. The Morgan fingerprint density at radius 3 is 2.64 bits per heavy atom. The number of ketones is 1. The van der Waals surface area contributed by atoms with Gasteiger partial charge in [-0.05, 0) is 18.2 Å². The molecule has 0 fully saturated rings. The average Bonchev–Trinajstić information content (AvgIpc) is 2.15. The van der Waals surface area contributed by atoms with Crippen LogP contribution in [0.3, 0.4) is 0 Å². The van der Waals surface area contributed by atoms with Crippen LogP contribution in [0.4, 0.5) is 0 Å². The van der Waals surface area contributed by atoms with E-state index in [1.807, 2.05) is 0 Å². The number of hydrogen-bond acceptors (Lipinski definition) is 2. The molecule has 0 unspecified atom stereocenters. The number of halogens is 2.